The molecule has 3 aromatic rings. The summed E-state index contributed by atoms with van der Waals surface area (Å²) in [5.41, 5.74) is 2.69. The second kappa shape index (κ2) is 6.25. The highest BCUT2D eigenvalue weighted by Gasteiger charge is 2.36. The molecule has 4 rings (SSSR count). The van der Waals surface area contributed by atoms with Crippen molar-refractivity contribution in [1.82, 2.24) is 19.9 Å². The van der Waals surface area contributed by atoms with Crippen LogP contribution in [0.4, 0.5) is 5.82 Å². The fraction of sp³-hybridized carbons (Fsp3) is 0.333. The highest BCUT2D eigenvalue weighted by atomic mass is 35.5. The van der Waals surface area contributed by atoms with Crippen molar-refractivity contribution in [3.63, 3.8) is 0 Å². The van der Waals surface area contributed by atoms with Gasteiger partial charge in [-0.3, -0.25) is 9.48 Å². The topological polar surface area (TPSA) is 85.8 Å². The van der Waals surface area contributed by atoms with Crippen molar-refractivity contribution in [3.05, 3.63) is 46.4 Å². The van der Waals surface area contributed by atoms with Gasteiger partial charge in [-0.25, -0.2) is 0 Å². The summed E-state index contributed by atoms with van der Waals surface area (Å²) in [4.78, 5) is 16.7. The molecular weight excluding hydrogens is 354 g/mol. The predicted octanol–water partition coefficient (Wildman–Crippen LogP) is 3.72. The molecule has 0 aliphatic carbocycles. The SMILES string of the molecule is CC(C)c1nn(C)c2c1C(c1nc(-c3ccc(Cl)cc3)no1)CC(=O)N2. The van der Waals surface area contributed by atoms with E-state index < -0.39 is 0 Å². The Hall–Kier alpha value is -2.67. The molecule has 1 aliphatic heterocycles. The quantitative estimate of drug-likeness (QED) is 0.758. The number of carbonyl (C=O) groups is 1. The Morgan fingerprint density at radius 1 is 1.31 bits per heavy atom. The van der Waals surface area contributed by atoms with E-state index in [0.29, 0.717) is 22.6 Å². The van der Waals surface area contributed by atoms with Gasteiger partial charge in [0.05, 0.1) is 11.6 Å². The zero-order chi connectivity index (χ0) is 18.4. The smallest absolute Gasteiger partial charge is 0.235 e. The number of aryl methyl sites for hydroxylation is 1. The highest BCUT2D eigenvalue weighted by molar-refractivity contribution is 6.30. The van der Waals surface area contributed by atoms with Crippen LogP contribution in [0.5, 0.6) is 0 Å². The summed E-state index contributed by atoms with van der Waals surface area (Å²) >= 11 is 5.93. The number of carbonyl (C=O) groups excluding carboxylic acids is 1. The van der Waals surface area contributed by atoms with Gasteiger partial charge in [-0.15, -0.1) is 0 Å². The fourth-order valence-corrected chi connectivity index (χ4v) is 3.38. The maximum Gasteiger partial charge on any atom is 0.235 e. The van der Waals surface area contributed by atoms with Crippen molar-refractivity contribution < 1.29 is 9.32 Å². The Labute approximate surface area is 155 Å². The lowest BCUT2D eigenvalue weighted by molar-refractivity contribution is -0.116. The molecule has 0 radical (unpaired) electrons. The zero-order valence-electron chi connectivity index (χ0n) is 14.7. The minimum absolute atomic E-state index is 0.0907. The van der Waals surface area contributed by atoms with Crippen LogP contribution in [0.2, 0.25) is 5.02 Å². The number of nitrogens with zero attached hydrogens (tertiary/aromatic N) is 4. The number of halogens is 1. The first kappa shape index (κ1) is 16.8. The standard InChI is InChI=1S/C18H18ClN5O2/c1-9(2)15-14-12(8-13(25)20-17(14)24(3)22-15)18-21-16(23-26-18)10-4-6-11(19)7-5-10/h4-7,9,12H,8H2,1-3H3,(H,20,25). The van der Waals surface area contributed by atoms with E-state index >= 15 is 0 Å². The largest absolute Gasteiger partial charge is 0.338 e. The molecule has 134 valence electrons. The first-order chi connectivity index (χ1) is 12.4. The Morgan fingerprint density at radius 2 is 2.04 bits per heavy atom. The van der Waals surface area contributed by atoms with E-state index in [0.717, 1.165) is 16.8 Å². The molecule has 1 amide bonds. The van der Waals surface area contributed by atoms with Gasteiger partial charge in [0, 0.05) is 29.6 Å². The number of hydrogen-bond acceptors (Lipinski definition) is 5. The molecule has 8 heteroatoms. The van der Waals surface area contributed by atoms with Crippen molar-refractivity contribution in [3.8, 4) is 11.4 Å². The summed E-state index contributed by atoms with van der Waals surface area (Å²) in [6.45, 7) is 4.14. The van der Waals surface area contributed by atoms with Gasteiger partial charge < -0.3 is 9.84 Å². The van der Waals surface area contributed by atoms with Crippen molar-refractivity contribution >= 4 is 23.3 Å². The third-order valence-corrected chi connectivity index (χ3v) is 4.75. The van der Waals surface area contributed by atoms with Gasteiger partial charge in [0.25, 0.3) is 0 Å². The van der Waals surface area contributed by atoms with E-state index in [1.165, 1.54) is 0 Å². The molecule has 1 atom stereocenters. The Kier molecular flexibility index (Phi) is 4.03. The number of rotatable bonds is 3. The van der Waals surface area contributed by atoms with E-state index in [1.807, 2.05) is 19.2 Å². The average Bonchev–Trinajstić information content (AvgIpc) is 3.21. The molecule has 26 heavy (non-hydrogen) atoms. The lowest BCUT2D eigenvalue weighted by atomic mass is 9.89. The van der Waals surface area contributed by atoms with Crippen LogP contribution < -0.4 is 5.32 Å². The molecule has 0 bridgehead atoms. The van der Waals surface area contributed by atoms with Gasteiger partial charge in [-0.1, -0.05) is 30.6 Å². The molecule has 2 aromatic heterocycles. The third-order valence-electron chi connectivity index (χ3n) is 4.50. The number of amides is 1. The second-order valence-electron chi connectivity index (χ2n) is 6.69. The molecule has 7 nitrogen and oxygen atoms in total. The van der Waals surface area contributed by atoms with Crippen LogP contribution in [-0.2, 0) is 11.8 Å². The van der Waals surface area contributed by atoms with Crippen molar-refractivity contribution in [2.45, 2.75) is 32.1 Å². The maximum atomic E-state index is 12.2. The summed E-state index contributed by atoms with van der Waals surface area (Å²) in [5.74, 6) is 1.40. The zero-order valence-corrected chi connectivity index (χ0v) is 15.4. The molecule has 1 aromatic carbocycles. The number of benzene rings is 1. The Bertz CT molecular complexity index is 974. The van der Waals surface area contributed by atoms with Gasteiger partial charge in [-0.05, 0) is 30.2 Å². The molecule has 0 saturated heterocycles. The third kappa shape index (κ3) is 2.78. The monoisotopic (exact) mass is 371 g/mol. The Morgan fingerprint density at radius 3 is 2.73 bits per heavy atom. The van der Waals surface area contributed by atoms with Crippen molar-refractivity contribution in [2.75, 3.05) is 5.32 Å². The van der Waals surface area contributed by atoms with Crippen LogP contribution >= 0.6 is 11.6 Å². The van der Waals surface area contributed by atoms with Crippen LogP contribution in [0.1, 0.15) is 49.3 Å². The van der Waals surface area contributed by atoms with Crippen LogP contribution in [-0.4, -0.2) is 25.8 Å². The summed E-state index contributed by atoms with van der Waals surface area (Å²) in [5, 5.41) is 12.2. The predicted molar refractivity (Wildman–Crippen MR) is 97.1 cm³/mol. The van der Waals surface area contributed by atoms with Gasteiger partial charge in [-0.2, -0.15) is 10.1 Å². The highest BCUT2D eigenvalue weighted by Crippen LogP contribution is 2.41. The lowest BCUT2D eigenvalue weighted by Gasteiger charge is -2.21. The minimum Gasteiger partial charge on any atom is -0.338 e. The van der Waals surface area contributed by atoms with E-state index in [4.69, 9.17) is 16.1 Å². The van der Waals surface area contributed by atoms with Gasteiger partial charge in [0.2, 0.25) is 17.6 Å². The number of aromatic nitrogens is 4. The summed E-state index contributed by atoms with van der Waals surface area (Å²) < 4.78 is 7.23. The number of hydrogen-bond donors (Lipinski definition) is 1. The van der Waals surface area contributed by atoms with Crippen LogP contribution in [0, 0.1) is 0 Å². The molecule has 0 saturated carbocycles. The van der Waals surface area contributed by atoms with Gasteiger partial charge in [0.15, 0.2) is 0 Å². The van der Waals surface area contributed by atoms with Crippen molar-refractivity contribution in [1.29, 1.82) is 0 Å². The number of anilines is 1. The summed E-state index contributed by atoms with van der Waals surface area (Å²) in [6, 6.07) is 7.22. The number of nitrogens with one attached hydrogen (secondary N) is 1. The van der Waals surface area contributed by atoms with E-state index in [2.05, 4.69) is 34.4 Å². The van der Waals surface area contributed by atoms with Crippen LogP contribution in [0.3, 0.4) is 0 Å². The molecule has 1 unspecified atom stereocenters. The maximum absolute atomic E-state index is 12.2. The molecule has 0 spiro atoms. The minimum atomic E-state index is -0.307. The van der Waals surface area contributed by atoms with Gasteiger partial charge in [0.1, 0.15) is 5.82 Å². The summed E-state index contributed by atoms with van der Waals surface area (Å²) in [6.07, 6.45) is 0.251. The van der Waals surface area contributed by atoms with Crippen LogP contribution in [0.15, 0.2) is 28.8 Å². The molecule has 0 fully saturated rings. The van der Waals surface area contributed by atoms with E-state index in [-0.39, 0.29) is 24.2 Å². The summed E-state index contributed by atoms with van der Waals surface area (Å²) in [7, 11) is 1.82. The second-order valence-corrected chi connectivity index (χ2v) is 7.13. The van der Waals surface area contributed by atoms with E-state index in [1.54, 1.807) is 16.8 Å². The first-order valence-electron chi connectivity index (χ1n) is 8.40. The molecular formula is C18H18ClN5O2. The van der Waals surface area contributed by atoms with Crippen LogP contribution in [0.25, 0.3) is 11.4 Å². The van der Waals surface area contributed by atoms with E-state index in [9.17, 15) is 4.79 Å². The molecule has 1 N–H and O–H groups in total. The molecule has 1 aliphatic rings. The number of fused-ring (bicyclic) bond motifs is 1. The first-order valence-corrected chi connectivity index (χ1v) is 8.78. The lowest BCUT2D eigenvalue weighted by Crippen LogP contribution is -2.25. The Balaban J connectivity index is 1.78. The fourth-order valence-electron chi connectivity index (χ4n) is 3.25. The average molecular weight is 372 g/mol. The normalized spacial score (nSPS) is 16.7. The van der Waals surface area contributed by atoms with Crippen molar-refractivity contribution in [2.24, 2.45) is 7.05 Å². The van der Waals surface area contributed by atoms with Gasteiger partial charge >= 0.3 is 0 Å². The molecule has 3 heterocycles.